The third-order valence-electron chi connectivity index (χ3n) is 4.99. The van der Waals surface area contributed by atoms with E-state index < -0.39 is 4.92 Å². The lowest BCUT2D eigenvalue weighted by molar-refractivity contribution is -0.384. The number of hydrogen-bond acceptors (Lipinski definition) is 8. The molecule has 10 nitrogen and oxygen atoms in total. The largest absolute Gasteiger partial charge is 0.496 e. The van der Waals surface area contributed by atoms with E-state index in [9.17, 15) is 14.9 Å². The number of carbonyl (C=O) groups is 1. The van der Waals surface area contributed by atoms with Crippen molar-refractivity contribution in [3.05, 3.63) is 82.3 Å². The van der Waals surface area contributed by atoms with E-state index in [1.54, 1.807) is 26.4 Å². The monoisotopic (exact) mass is 479 g/mol. The zero-order valence-electron chi connectivity index (χ0n) is 18.4. The number of methoxy groups -OCH3 is 1. The summed E-state index contributed by atoms with van der Waals surface area (Å²) >= 11 is 1.23. The molecule has 0 saturated heterocycles. The highest BCUT2D eigenvalue weighted by atomic mass is 32.2. The summed E-state index contributed by atoms with van der Waals surface area (Å²) in [6.45, 7) is 2.08. The van der Waals surface area contributed by atoms with E-state index in [2.05, 4.69) is 15.5 Å². The first-order valence-corrected chi connectivity index (χ1v) is 11.2. The molecule has 11 heteroatoms. The first kappa shape index (κ1) is 23.1. The summed E-state index contributed by atoms with van der Waals surface area (Å²) in [6.07, 6.45) is 1.59. The normalized spacial score (nSPS) is 10.8. The topological polar surface area (TPSA) is 125 Å². The van der Waals surface area contributed by atoms with Crippen LogP contribution in [-0.2, 0) is 11.3 Å². The first-order valence-electron chi connectivity index (χ1n) is 10.2. The zero-order chi connectivity index (χ0) is 24.1. The minimum Gasteiger partial charge on any atom is -0.496 e. The van der Waals surface area contributed by atoms with Gasteiger partial charge in [-0.05, 0) is 42.8 Å². The molecule has 174 valence electrons. The lowest BCUT2D eigenvalue weighted by Gasteiger charge is -2.11. The number of aromatic nitrogens is 3. The van der Waals surface area contributed by atoms with E-state index in [0.717, 1.165) is 5.56 Å². The number of non-ortho nitro benzene ring substituents is 1. The number of carbonyl (C=O) groups excluding carboxylic acids is 1. The highest BCUT2D eigenvalue weighted by Gasteiger charge is 2.20. The number of nitrogens with one attached hydrogen (secondary N) is 1. The van der Waals surface area contributed by atoms with Crippen LogP contribution in [0.4, 0.5) is 11.4 Å². The number of amides is 1. The Kier molecular flexibility index (Phi) is 6.93. The van der Waals surface area contributed by atoms with Gasteiger partial charge in [0.1, 0.15) is 11.5 Å². The maximum atomic E-state index is 12.6. The molecule has 0 fully saturated rings. The maximum absolute atomic E-state index is 12.6. The Morgan fingerprint density at radius 2 is 2.03 bits per heavy atom. The van der Waals surface area contributed by atoms with Gasteiger partial charge in [0.2, 0.25) is 5.91 Å². The number of nitrogens with zero attached hydrogens (tertiary/aromatic N) is 4. The second-order valence-corrected chi connectivity index (χ2v) is 8.21. The van der Waals surface area contributed by atoms with Crippen LogP contribution in [0.15, 0.2) is 70.4 Å². The van der Waals surface area contributed by atoms with Gasteiger partial charge in [0.05, 0.1) is 36.2 Å². The number of aryl methyl sites for hydroxylation is 1. The molecule has 1 amide bonds. The smallest absolute Gasteiger partial charge is 0.269 e. The second kappa shape index (κ2) is 10.2. The van der Waals surface area contributed by atoms with Crippen LogP contribution in [0.1, 0.15) is 11.3 Å². The lowest BCUT2D eigenvalue weighted by atomic mass is 10.2. The van der Waals surface area contributed by atoms with Gasteiger partial charge in [-0.25, -0.2) is 0 Å². The molecule has 34 heavy (non-hydrogen) atoms. The van der Waals surface area contributed by atoms with Crippen LogP contribution >= 0.6 is 11.8 Å². The van der Waals surface area contributed by atoms with E-state index >= 15 is 0 Å². The zero-order valence-corrected chi connectivity index (χ0v) is 19.2. The number of ether oxygens (including phenoxy) is 1. The van der Waals surface area contributed by atoms with Crippen molar-refractivity contribution in [2.24, 2.45) is 0 Å². The fraction of sp³-hybridized carbons (Fsp3) is 0.174. The van der Waals surface area contributed by atoms with Gasteiger partial charge in [-0.3, -0.25) is 19.5 Å². The van der Waals surface area contributed by atoms with Crippen molar-refractivity contribution in [1.82, 2.24) is 14.8 Å². The molecule has 0 aliphatic rings. The van der Waals surface area contributed by atoms with Crippen molar-refractivity contribution in [2.75, 3.05) is 18.2 Å². The van der Waals surface area contributed by atoms with Crippen LogP contribution in [0.25, 0.3) is 11.4 Å². The molecule has 0 unspecified atom stereocenters. The highest BCUT2D eigenvalue weighted by molar-refractivity contribution is 7.99. The van der Waals surface area contributed by atoms with E-state index in [4.69, 9.17) is 9.15 Å². The Balaban J connectivity index is 1.54. The Labute approximate surface area is 199 Å². The third kappa shape index (κ3) is 5.09. The molecule has 4 aromatic rings. The Bertz CT molecular complexity index is 1320. The van der Waals surface area contributed by atoms with Crippen molar-refractivity contribution in [2.45, 2.75) is 18.6 Å². The second-order valence-electron chi connectivity index (χ2n) is 7.27. The fourth-order valence-corrected chi connectivity index (χ4v) is 4.08. The standard InChI is InChI=1S/C23H21N5O5S/c1-15-12-16(28(30)31)9-10-19(15)24-21(29)14-34-23-26-25-22(18-7-3-4-8-20(18)32-2)27(23)13-17-6-5-11-33-17/h3-12H,13-14H2,1-2H3,(H,24,29). The summed E-state index contributed by atoms with van der Waals surface area (Å²) in [7, 11) is 1.59. The Morgan fingerprint density at radius 3 is 2.74 bits per heavy atom. The summed E-state index contributed by atoms with van der Waals surface area (Å²) in [5, 5.41) is 22.9. The molecule has 2 aromatic heterocycles. The number of hydrogen-bond donors (Lipinski definition) is 1. The van der Waals surface area contributed by atoms with Gasteiger partial charge in [0.25, 0.3) is 5.69 Å². The van der Waals surface area contributed by atoms with Gasteiger partial charge in [-0.15, -0.1) is 10.2 Å². The van der Waals surface area contributed by atoms with Gasteiger partial charge in [0.15, 0.2) is 11.0 Å². The molecule has 0 spiro atoms. The van der Waals surface area contributed by atoms with Crippen molar-refractivity contribution < 1.29 is 18.9 Å². The van der Waals surface area contributed by atoms with Crippen LogP contribution in [0.2, 0.25) is 0 Å². The molecular formula is C23H21N5O5S. The number of furan rings is 1. The minimum absolute atomic E-state index is 0.0280. The summed E-state index contributed by atoms with van der Waals surface area (Å²) in [5.74, 6) is 1.75. The summed E-state index contributed by atoms with van der Waals surface area (Å²) in [4.78, 5) is 23.0. The van der Waals surface area contributed by atoms with Gasteiger partial charge < -0.3 is 14.5 Å². The lowest BCUT2D eigenvalue weighted by Crippen LogP contribution is -2.15. The quantitative estimate of drug-likeness (QED) is 0.211. The van der Waals surface area contributed by atoms with Crippen molar-refractivity contribution >= 4 is 29.0 Å². The van der Waals surface area contributed by atoms with E-state index in [1.165, 1.54) is 30.0 Å². The molecule has 2 aromatic carbocycles. The first-order chi connectivity index (χ1) is 16.5. The third-order valence-corrected chi connectivity index (χ3v) is 5.95. The number of rotatable bonds is 9. The van der Waals surface area contributed by atoms with E-state index in [1.807, 2.05) is 34.9 Å². The molecule has 0 aliphatic heterocycles. The molecule has 2 heterocycles. The SMILES string of the molecule is COc1ccccc1-c1nnc(SCC(=O)Nc2ccc([N+](=O)[O-])cc2C)n1Cc1ccco1. The highest BCUT2D eigenvalue weighted by Crippen LogP contribution is 2.31. The van der Waals surface area contributed by atoms with Crippen LogP contribution < -0.4 is 10.1 Å². The maximum Gasteiger partial charge on any atom is 0.269 e. The van der Waals surface area contributed by atoms with E-state index in [0.29, 0.717) is 40.3 Å². The molecular weight excluding hydrogens is 458 g/mol. The number of nitro benzene ring substituents is 1. The summed E-state index contributed by atoms with van der Waals surface area (Å²) < 4.78 is 12.9. The van der Waals surface area contributed by atoms with Crippen molar-refractivity contribution in [3.8, 4) is 17.1 Å². The van der Waals surface area contributed by atoms with Crippen LogP contribution in [0, 0.1) is 17.0 Å². The molecule has 0 saturated carbocycles. The van der Waals surface area contributed by atoms with Crippen molar-refractivity contribution in [1.29, 1.82) is 0 Å². The average molecular weight is 480 g/mol. The molecule has 0 radical (unpaired) electrons. The molecule has 4 rings (SSSR count). The Morgan fingerprint density at radius 1 is 1.21 bits per heavy atom. The number of para-hydroxylation sites is 1. The average Bonchev–Trinajstić information content (AvgIpc) is 3.49. The van der Waals surface area contributed by atoms with Gasteiger partial charge in [-0.2, -0.15) is 0 Å². The van der Waals surface area contributed by atoms with Gasteiger partial charge >= 0.3 is 0 Å². The van der Waals surface area contributed by atoms with Gasteiger partial charge in [-0.1, -0.05) is 23.9 Å². The van der Waals surface area contributed by atoms with Crippen LogP contribution in [0.3, 0.4) is 0 Å². The minimum atomic E-state index is -0.473. The molecule has 0 atom stereocenters. The number of benzene rings is 2. The fourth-order valence-electron chi connectivity index (χ4n) is 3.34. The number of thioether (sulfide) groups is 1. The summed E-state index contributed by atoms with van der Waals surface area (Å²) in [5.41, 5.74) is 1.86. The molecule has 0 aliphatic carbocycles. The van der Waals surface area contributed by atoms with Gasteiger partial charge in [0, 0.05) is 17.8 Å². The number of nitro groups is 1. The van der Waals surface area contributed by atoms with Crippen LogP contribution in [0.5, 0.6) is 5.75 Å². The van der Waals surface area contributed by atoms with Crippen LogP contribution in [-0.4, -0.2) is 38.5 Å². The number of anilines is 1. The van der Waals surface area contributed by atoms with Crippen molar-refractivity contribution in [3.63, 3.8) is 0 Å². The molecule has 0 bridgehead atoms. The predicted octanol–water partition coefficient (Wildman–Crippen LogP) is 4.54. The summed E-state index contributed by atoms with van der Waals surface area (Å²) in [6, 6.07) is 15.4. The van der Waals surface area contributed by atoms with E-state index in [-0.39, 0.29) is 17.3 Å². The predicted molar refractivity (Wildman–Crippen MR) is 127 cm³/mol. The molecule has 1 N–H and O–H groups in total. The Hall–Kier alpha value is -4.12.